The lowest BCUT2D eigenvalue weighted by Gasteiger charge is -2.29. The van der Waals surface area contributed by atoms with Crippen LogP contribution in [0.25, 0.3) is 10.8 Å². The van der Waals surface area contributed by atoms with Crippen molar-refractivity contribution in [2.75, 3.05) is 4.90 Å². The molecule has 1 saturated heterocycles. The number of hydrogen-bond donors (Lipinski definition) is 1. The van der Waals surface area contributed by atoms with Crippen LogP contribution in [-0.2, 0) is 9.59 Å². The summed E-state index contributed by atoms with van der Waals surface area (Å²) in [5.74, 6) is -1.20. The lowest BCUT2D eigenvalue weighted by Crippen LogP contribution is -2.53. The van der Waals surface area contributed by atoms with E-state index in [2.05, 4.69) is 15.5 Å². The number of imide groups is 1. The molecule has 3 amide bonds. The fraction of sp³-hybridized carbons (Fsp3) is 0.214. The quantitative estimate of drug-likeness (QED) is 0.548. The Kier molecular flexibility index (Phi) is 2.57. The third-order valence-electron chi connectivity index (χ3n) is 4.02. The average molecular weight is 292 g/mol. The van der Waals surface area contributed by atoms with E-state index >= 15 is 0 Å². The van der Waals surface area contributed by atoms with Crippen molar-refractivity contribution in [3.63, 3.8) is 0 Å². The van der Waals surface area contributed by atoms with E-state index in [1.165, 1.54) is 4.90 Å². The lowest BCUT2D eigenvalue weighted by molar-refractivity contribution is -0.134. The van der Waals surface area contributed by atoms with Gasteiger partial charge in [-0.15, -0.1) is 5.10 Å². The number of hydrogen-bond acceptors (Lipinski definition) is 5. The van der Waals surface area contributed by atoms with Gasteiger partial charge in [0.25, 0.3) is 5.91 Å². The van der Waals surface area contributed by atoms with Crippen molar-refractivity contribution in [2.45, 2.75) is 18.9 Å². The first-order valence-electron chi connectivity index (χ1n) is 6.80. The fourth-order valence-electron chi connectivity index (χ4n) is 3.02. The zero-order valence-electron chi connectivity index (χ0n) is 11.4. The Morgan fingerprint density at radius 3 is 2.82 bits per heavy atom. The van der Waals surface area contributed by atoms with Gasteiger partial charge < -0.3 is 0 Å². The Hall–Kier alpha value is -2.77. The molecule has 4 rings (SSSR count). The molecule has 2 aliphatic rings. The molecule has 0 saturated carbocycles. The molecule has 106 valence electrons. The Bertz CT molecular complexity index is 867. The summed E-state index contributed by atoms with van der Waals surface area (Å²) in [6, 6.07) is 4.51. The molecule has 8 heteroatoms. The maximum Gasteiger partial charge on any atom is 0.280 e. The minimum absolute atomic E-state index is 0.185. The molecule has 2 radical (unpaired) electrons. The van der Waals surface area contributed by atoms with E-state index in [4.69, 9.17) is 7.85 Å². The summed E-state index contributed by atoms with van der Waals surface area (Å²) in [6.07, 6.45) is 0.476. The summed E-state index contributed by atoms with van der Waals surface area (Å²) in [7, 11) is 5.81. The van der Waals surface area contributed by atoms with Crippen LogP contribution in [0.1, 0.15) is 23.3 Å². The van der Waals surface area contributed by atoms with Crippen molar-refractivity contribution in [3.8, 4) is 0 Å². The number of carbonyl (C=O) groups excluding carboxylic acids is 3. The first-order valence-corrected chi connectivity index (χ1v) is 6.80. The number of carbonyl (C=O) groups is 3. The summed E-state index contributed by atoms with van der Waals surface area (Å²) < 4.78 is 0. The van der Waals surface area contributed by atoms with Gasteiger partial charge in [0.05, 0.1) is 5.69 Å². The van der Waals surface area contributed by atoms with Crippen LogP contribution in [0.2, 0.25) is 0 Å². The number of rotatable bonds is 1. The highest BCUT2D eigenvalue weighted by Crippen LogP contribution is 2.37. The highest BCUT2D eigenvalue weighted by Gasteiger charge is 2.41. The van der Waals surface area contributed by atoms with Crippen LogP contribution < -0.4 is 15.8 Å². The van der Waals surface area contributed by atoms with Crippen molar-refractivity contribution in [3.05, 3.63) is 23.9 Å². The molecule has 2 aliphatic heterocycles. The number of anilines is 1. The van der Waals surface area contributed by atoms with Gasteiger partial charge in [-0.3, -0.25) is 24.6 Å². The van der Waals surface area contributed by atoms with Gasteiger partial charge in [-0.2, -0.15) is 5.10 Å². The smallest absolute Gasteiger partial charge is 0.280 e. The van der Waals surface area contributed by atoms with Gasteiger partial charge in [0.2, 0.25) is 11.8 Å². The van der Waals surface area contributed by atoms with Crippen molar-refractivity contribution < 1.29 is 14.4 Å². The zero-order chi connectivity index (χ0) is 15.4. The fourth-order valence-corrected chi connectivity index (χ4v) is 3.02. The van der Waals surface area contributed by atoms with Crippen molar-refractivity contribution in [1.29, 1.82) is 0 Å². The van der Waals surface area contributed by atoms with Crippen LogP contribution >= 0.6 is 0 Å². The molecule has 7 nitrogen and oxygen atoms in total. The van der Waals surface area contributed by atoms with Crippen LogP contribution in [0.15, 0.2) is 18.2 Å². The Labute approximate surface area is 126 Å². The molecule has 3 heterocycles. The third kappa shape index (κ3) is 1.60. The van der Waals surface area contributed by atoms with E-state index in [9.17, 15) is 14.4 Å². The third-order valence-corrected chi connectivity index (χ3v) is 4.02. The largest absolute Gasteiger partial charge is 0.295 e. The van der Waals surface area contributed by atoms with Gasteiger partial charge in [0.1, 0.15) is 13.9 Å². The summed E-state index contributed by atoms with van der Waals surface area (Å²) in [4.78, 5) is 37.4. The van der Waals surface area contributed by atoms with E-state index in [1.807, 2.05) is 0 Å². The molecule has 1 aromatic heterocycles. The molecule has 0 bridgehead atoms. The molecule has 1 atom stereocenters. The maximum atomic E-state index is 12.6. The van der Waals surface area contributed by atoms with Gasteiger partial charge in [-0.25, -0.2) is 0 Å². The normalized spacial score (nSPS) is 20.6. The maximum absolute atomic E-state index is 12.6. The highest BCUT2D eigenvalue weighted by molar-refractivity contribution is 6.39. The second-order valence-electron chi connectivity index (χ2n) is 5.28. The summed E-state index contributed by atoms with van der Waals surface area (Å²) in [5.41, 5.74) is 0.997. The summed E-state index contributed by atoms with van der Waals surface area (Å²) in [6.45, 7) is 0. The molecule has 0 spiro atoms. The zero-order valence-corrected chi connectivity index (χ0v) is 11.4. The number of amides is 3. The first-order chi connectivity index (χ1) is 10.6. The molecule has 0 aliphatic carbocycles. The second-order valence-corrected chi connectivity index (χ2v) is 5.28. The summed E-state index contributed by atoms with van der Waals surface area (Å²) >= 11 is 0. The van der Waals surface area contributed by atoms with Gasteiger partial charge in [-0.05, 0) is 17.9 Å². The number of benzene rings is 1. The first kappa shape index (κ1) is 12.9. The molecular formula is C14H9BN4O3. The van der Waals surface area contributed by atoms with E-state index in [1.54, 1.807) is 18.2 Å². The Balaban J connectivity index is 1.89. The minimum Gasteiger partial charge on any atom is -0.295 e. The molecule has 22 heavy (non-hydrogen) atoms. The minimum atomic E-state index is -0.730. The van der Waals surface area contributed by atoms with Crippen molar-refractivity contribution in [1.82, 2.24) is 15.5 Å². The number of piperidine rings is 1. The number of nitrogens with one attached hydrogen (secondary N) is 1. The van der Waals surface area contributed by atoms with Crippen LogP contribution in [0.4, 0.5) is 5.69 Å². The van der Waals surface area contributed by atoms with E-state index in [-0.39, 0.29) is 30.0 Å². The lowest BCUT2D eigenvalue weighted by atomic mass is 9.96. The van der Waals surface area contributed by atoms with Crippen molar-refractivity contribution in [2.24, 2.45) is 0 Å². The monoisotopic (exact) mass is 292 g/mol. The molecular weight excluding hydrogens is 283 g/mol. The van der Waals surface area contributed by atoms with Crippen LogP contribution in [0.5, 0.6) is 0 Å². The highest BCUT2D eigenvalue weighted by atomic mass is 16.2. The van der Waals surface area contributed by atoms with E-state index < -0.39 is 17.9 Å². The van der Waals surface area contributed by atoms with Crippen molar-refractivity contribution >= 4 is 47.6 Å². The number of aromatic nitrogens is 2. The molecule has 1 fully saturated rings. The van der Waals surface area contributed by atoms with E-state index in [0.717, 1.165) is 0 Å². The predicted molar refractivity (Wildman–Crippen MR) is 77.9 cm³/mol. The SMILES string of the molecule is [B]c1nnc2c3c(cccc13)N(C1CCC(=O)NC1=O)C2=O. The van der Waals surface area contributed by atoms with Crippen LogP contribution in [-0.4, -0.2) is 41.8 Å². The molecule has 1 unspecified atom stereocenters. The van der Waals surface area contributed by atoms with Gasteiger partial charge in [-0.1, -0.05) is 12.1 Å². The average Bonchev–Trinajstić information content (AvgIpc) is 2.77. The topological polar surface area (TPSA) is 92.3 Å². The van der Waals surface area contributed by atoms with Crippen LogP contribution in [0.3, 0.4) is 0 Å². The number of nitrogens with zero attached hydrogens (tertiary/aromatic N) is 3. The van der Waals surface area contributed by atoms with Gasteiger partial charge in [0.15, 0.2) is 5.69 Å². The Morgan fingerprint density at radius 1 is 1.23 bits per heavy atom. The second kappa shape index (κ2) is 4.36. The molecule has 2 aromatic rings. The van der Waals surface area contributed by atoms with Gasteiger partial charge in [0, 0.05) is 17.4 Å². The van der Waals surface area contributed by atoms with Gasteiger partial charge >= 0.3 is 0 Å². The standard InChI is InChI=1S/C14H9BN4O3/c15-12-6-2-1-3-7-10(6)11(17-18-12)14(22)19(7)8-4-5-9(20)16-13(8)21/h1-3,8H,4-5H2,(H,16,20,21). The van der Waals surface area contributed by atoms with E-state index in [0.29, 0.717) is 16.5 Å². The Morgan fingerprint density at radius 2 is 2.05 bits per heavy atom. The predicted octanol–water partition coefficient (Wildman–Crippen LogP) is -0.811. The summed E-state index contributed by atoms with van der Waals surface area (Å²) in [5, 5.41) is 11.2. The molecule has 1 aromatic carbocycles. The van der Waals surface area contributed by atoms with Crippen LogP contribution in [0, 0.1) is 0 Å². The molecule has 1 N–H and O–H groups in total.